The number of hydroxylamine groups is 3. The quantitative estimate of drug-likeness (QED) is 0.524. The Morgan fingerprint density at radius 1 is 1.29 bits per heavy atom. The Labute approximate surface area is 124 Å². The fourth-order valence-electron chi connectivity index (χ4n) is 3.65. The van der Waals surface area contributed by atoms with E-state index in [1.807, 2.05) is 6.07 Å². The largest absolute Gasteiger partial charge is 0.633 e. The number of fused-ring (bicyclic) bond motifs is 2. The molecular weight excluding hydrogens is 270 g/mol. The van der Waals surface area contributed by atoms with Crippen molar-refractivity contribution in [3.63, 3.8) is 0 Å². The van der Waals surface area contributed by atoms with Gasteiger partial charge >= 0.3 is 5.97 Å². The zero-order chi connectivity index (χ0) is 15.0. The molecule has 114 valence electrons. The SMILES string of the molecule is C[N+]1([O-])[C@H]2CC[C@H]1CC(OC(=O)[C@@H](O)c1ccccc1)C2. The number of hydrogen-bond donors (Lipinski definition) is 1. The van der Waals surface area contributed by atoms with E-state index >= 15 is 0 Å². The summed E-state index contributed by atoms with van der Waals surface area (Å²) in [5.74, 6) is -0.618. The lowest BCUT2D eigenvalue weighted by Gasteiger charge is -2.50. The Bertz CT molecular complexity index is 500. The highest BCUT2D eigenvalue weighted by Crippen LogP contribution is 2.41. The first-order chi connectivity index (χ1) is 9.98. The molecule has 3 atom stereocenters. The second-order valence-electron chi connectivity index (χ2n) is 6.29. The van der Waals surface area contributed by atoms with Gasteiger partial charge in [-0.05, 0) is 5.56 Å². The first-order valence-electron chi connectivity index (χ1n) is 7.49. The summed E-state index contributed by atoms with van der Waals surface area (Å²) in [6.07, 6.45) is 1.51. The number of aliphatic hydroxyl groups excluding tert-OH is 1. The number of piperidine rings is 1. The van der Waals surface area contributed by atoms with Crippen molar-refractivity contribution in [3.05, 3.63) is 41.1 Å². The Kier molecular flexibility index (Phi) is 3.73. The van der Waals surface area contributed by atoms with Gasteiger partial charge in [-0.1, -0.05) is 30.3 Å². The molecule has 2 aliphatic rings. The predicted molar refractivity (Wildman–Crippen MR) is 76.9 cm³/mol. The van der Waals surface area contributed by atoms with Gasteiger partial charge in [0.05, 0.1) is 19.1 Å². The van der Waals surface area contributed by atoms with Crippen LogP contribution in [0.15, 0.2) is 30.3 Å². The molecule has 0 amide bonds. The van der Waals surface area contributed by atoms with Crippen molar-refractivity contribution in [2.75, 3.05) is 7.05 Å². The van der Waals surface area contributed by atoms with Crippen LogP contribution >= 0.6 is 0 Å². The van der Waals surface area contributed by atoms with Crippen LogP contribution in [-0.4, -0.2) is 41.0 Å². The van der Waals surface area contributed by atoms with Gasteiger partial charge < -0.3 is 19.7 Å². The van der Waals surface area contributed by atoms with Gasteiger partial charge in [0.25, 0.3) is 0 Å². The number of hydrogen-bond acceptors (Lipinski definition) is 4. The van der Waals surface area contributed by atoms with E-state index in [0.717, 1.165) is 12.8 Å². The number of nitrogens with zero attached hydrogens (tertiary/aromatic N) is 1. The maximum atomic E-state index is 12.4. The van der Waals surface area contributed by atoms with Gasteiger partial charge in [0.2, 0.25) is 0 Å². The molecule has 0 aliphatic carbocycles. The number of ether oxygens (including phenoxy) is 1. The van der Waals surface area contributed by atoms with Crippen molar-refractivity contribution in [1.29, 1.82) is 0 Å². The lowest BCUT2D eigenvalue weighted by molar-refractivity contribution is -0.903. The normalized spacial score (nSPS) is 36.2. The third-order valence-electron chi connectivity index (χ3n) is 4.97. The number of carbonyl (C=O) groups is 1. The van der Waals surface area contributed by atoms with E-state index in [2.05, 4.69) is 0 Å². The second-order valence-corrected chi connectivity index (χ2v) is 6.29. The van der Waals surface area contributed by atoms with Crippen LogP contribution in [0.2, 0.25) is 0 Å². The fourth-order valence-corrected chi connectivity index (χ4v) is 3.65. The summed E-state index contributed by atoms with van der Waals surface area (Å²) in [5, 5.41) is 22.4. The van der Waals surface area contributed by atoms with Crippen LogP contribution in [0, 0.1) is 5.21 Å². The van der Waals surface area contributed by atoms with E-state index in [-0.39, 0.29) is 22.8 Å². The number of aliphatic hydroxyl groups is 1. The molecule has 0 saturated carbocycles. The fraction of sp³-hybridized carbons (Fsp3) is 0.562. The number of quaternary nitrogens is 1. The molecule has 0 unspecified atom stereocenters. The molecule has 2 bridgehead atoms. The van der Waals surface area contributed by atoms with Gasteiger partial charge in [0.1, 0.15) is 6.10 Å². The molecule has 2 fully saturated rings. The Morgan fingerprint density at radius 2 is 1.86 bits per heavy atom. The minimum Gasteiger partial charge on any atom is -0.633 e. The summed E-state index contributed by atoms with van der Waals surface area (Å²) in [4.78, 5) is 12.1. The summed E-state index contributed by atoms with van der Waals surface area (Å²) in [5.41, 5.74) is 0.533. The molecule has 1 aromatic rings. The zero-order valence-corrected chi connectivity index (χ0v) is 12.1. The van der Waals surface area contributed by atoms with Crippen LogP contribution in [0.1, 0.15) is 37.4 Å². The lowest BCUT2D eigenvalue weighted by Crippen LogP contribution is -2.55. The molecule has 2 saturated heterocycles. The Hall–Kier alpha value is -1.43. The molecule has 0 aromatic heterocycles. The van der Waals surface area contributed by atoms with Gasteiger partial charge in [-0.15, -0.1) is 0 Å². The maximum Gasteiger partial charge on any atom is 0.339 e. The molecule has 5 nitrogen and oxygen atoms in total. The van der Waals surface area contributed by atoms with Gasteiger partial charge in [-0.3, -0.25) is 0 Å². The van der Waals surface area contributed by atoms with Crippen molar-refractivity contribution in [3.8, 4) is 0 Å². The van der Waals surface area contributed by atoms with Gasteiger partial charge in [0.15, 0.2) is 6.10 Å². The van der Waals surface area contributed by atoms with Gasteiger partial charge in [0, 0.05) is 25.7 Å². The second kappa shape index (κ2) is 5.40. The van der Waals surface area contributed by atoms with Gasteiger partial charge in [-0.2, -0.15) is 0 Å². The van der Waals surface area contributed by atoms with E-state index < -0.39 is 12.1 Å². The third kappa shape index (κ3) is 2.69. The van der Waals surface area contributed by atoms with E-state index in [9.17, 15) is 15.1 Å². The number of esters is 1. The van der Waals surface area contributed by atoms with E-state index in [1.54, 1.807) is 31.3 Å². The lowest BCUT2D eigenvalue weighted by atomic mass is 9.99. The summed E-state index contributed by atoms with van der Waals surface area (Å²) >= 11 is 0. The van der Waals surface area contributed by atoms with Crippen molar-refractivity contribution < 1.29 is 19.3 Å². The van der Waals surface area contributed by atoms with Gasteiger partial charge in [-0.25, -0.2) is 4.79 Å². The van der Waals surface area contributed by atoms with E-state index in [4.69, 9.17) is 4.74 Å². The predicted octanol–water partition coefficient (Wildman–Crippen LogP) is 1.90. The van der Waals surface area contributed by atoms with Crippen LogP contribution in [0.25, 0.3) is 0 Å². The average molecular weight is 291 g/mol. The number of benzene rings is 1. The minimum atomic E-state index is -1.25. The first kappa shape index (κ1) is 14.5. The summed E-state index contributed by atoms with van der Waals surface area (Å²) in [6.45, 7) is 0. The highest BCUT2D eigenvalue weighted by molar-refractivity contribution is 5.76. The maximum absolute atomic E-state index is 12.4. The van der Waals surface area contributed by atoms with Crippen molar-refractivity contribution in [1.82, 2.24) is 0 Å². The van der Waals surface area contributed by atoms with Crippen LogP contribution in [0.3, 0.4) is 0 Å². The molecule has 2 heterocycles. The average Bonchev–Trinajstić information content (AvgIpc) is 2.67. The molecule has 2 aliphatic heterocycles. The van der Waals surface area contributed by atoms with Crippen molar-refractivity contribution >= 4 is 5.97 Å². The zero-order valence-electron chi connectivity index (χ0n) is 12.1. The monoisotopic (exact) mass is 291 g/mol. The Balaban J connectivity index is 1.62. The summed E-state index contributed by atoms with van der Waals surface area (Å²) in [6, 6.07) is 8.81. The standard InChI is InChI=1S/C16H21NO4/c1-17(20)12-7-8-13(17)10-14(9-12)21-16(19)15(18)11-5-3-2-4-6-11/h2-6,12-15,18H,7-10H2,1H3/t12-,13-,14?,15-,17?/m0/s1. The van der Waals surface area contributed by atoms with Crippen LogP contribution in [-0.2, 0) is 9.53 Å². The van der Waals surface area contributed by atoms with E-state index in [0.29, 0.717) is 18.4 Å². The summed E-state index contributed by atoms with van der Waals surface area (Å²) in [7, 11) is 1.72. The highest BCUT2D eigenvalue weighted by atomic mass is 16.6. The van der Waals surface area contributed by atoms with Crippen molar-refractivity contribution in [2.45, 2.75) is 50.0 Å². The molecule has 3 rings (SSSR count). The molecule has 21 heavy (non-hydrogen) atoms. The Morgan fingerprint density at radius 3 is 2.43 bits per heavy atom. The molecule has 0 radical (unpaired) electrons. The smallest absolute Gasteiger partial charge is 0.339 e. The minimum absolute atomic E-state index is 0.0235. The van der Waals surface area contributed by atoms with Crippen LogP contribution in [0.5, 0.6) is 0 Å². The molecule has 1 N–H and O–H groups in total. The molecule has 5 heteroatoms. The third-order valence-corrected chi connectivity index (χ3v) is 4.97. The van der Waals surface area contributed by atoms with Crippen LogP contribution < -0.4 is 0 Å². The van der Waals surface area contributed by atoms with Crippen molar-refractivity contribution in [2.24, 2.45) is 0 Å². The number of rotatable bonds is 3. The topological polar surface area (TPSA) is 69.6 Å². The first-order valence-corrected chi connectivity index (χ1v) is 7.49. The number of carbonyl (C=O) groups excluding carboxylic acids is 1. The summed E-state index contributed by atoms with van der Waals surface area (Å²) < 4.78 is 5.24. The van der Waals surface area contributed by atoms with E-state index in [1.165, 1.54) is 0 Å². The molecule has 1 aromatic carbocycles. The molecule has 0 spiro atoms. The molecular formula is C16H21NO4. The van der Waals surface area contributed by atoms with Crippen LogP contribution in [0.4, 0.5) is 0 Å². The highest BCUT2D eigenvalue weighted by Gasteiger charge is 2.48.